The molecule has 0 amide bonds. The lowest BCUT2D eigenvalue weighted by Crippen LogP contribution is -2.59. The number of unbranched alkanes of at least 4 members (excludes halogenated alkanes) is 3. The van der Waals surface area contributed by atoms with Gasteiger partial charge in [-0.25, -0.2) is 0 Å². The molecule has 0 spiro atoms. The summed E-state index contributed by atoms with van der Waals surface area (Å²) in [6.07, 6.45) is 21.0. The Morgan fingerprint density at radius 1 is 0.883 bits per heavy atom. The number of ether oxygens (including phenoxy) is 2. The molecule has 0 bridgehead atoms. The molecule has 6 aliphatic rings. The Bertz CT molecular complexity index is 1500. The summed E-state index contributed by atoms with van der Waals surface area (Å²) in [5, 5.41) is 45.2. The van der Waals surface area contributed by atoms with Gasteiger partial charge in [-0.15, -0.1) is 0 Å². The number of hydrogen-bond acceptors (Lipinski definition) is 8. The first kappa shape index (κ1) is 47.7. The van der Waals surface area contributed by atoms with Gasteiger partial charge < -0.3 is 29.9 Å². The summed E-state index contributed by atoms with van der Waals surface area (Å²) in [5.41, 5.74) is 0.600. The second-order valence-corrected chi connectivity index (χ2v) is 22.3. The summed E-state index contributed by atoms with van der Waals surface area (Å²) in [4.78, 5) is 26.6. The number of aliphatic hydroxyl groups is 4. The second-order valence-electron chi connectivity index (χ2n) is 22.3. The molecule has 3 unspecified atom stereocenters. The minimum atomic E-state index is -1.00. The van der Waals surface area contributed by atoms with Crippen LogP contribution in [0.5, 0.6) is 0 Å². The van der Waals surface area contributed by atoms with E-state index in [-0.39, 0.29) is 71.4 Å². The lowest BCUT2D eigenvalue weighted by Gasteiger charge is -2.63. The normalized spacial score (nSPS) is 41.0. The molecule has 6 rings (SSSR count). The van der Waals surface area contributed by atoms with Crippen molar-refractivity contribution in [2.24, 2.45) is 70.0 Å². The molecule has 4 fully saturated rings. The SMILES string of the molecule is CCCCCC[C@](C)(O)[C@H]1CCC2C3C[C@H](OC(=O)C[C@H](O)C[C@H](O)CCC[C@@H]4[C@@H]5C(=C[C@H](C)C[C@@H]5OC(=O)[C@@H](C)CC)C=C[C@@H]4C)[C@H]4C[C@@H](O)CC[C@]4(C)C3CC[C@@]21C. The molecule has 4 N–H and O–H groups in total. The highest BCUT2D eigenvalue weighted by atomic mass is 16.5. The van der Waals surface area contributed by atoms with Gasteiger partial charge in [-0.05, 0) is 155 Å². The molecule has 0 saturated heterocycles. The summed E-state index contributed by atoms with van der Waals surface area (Å²) in [5.74, 6) is 2.16. The fourth-order valence-electron chi connectivity index (χ4n) is 14.7. The van der Waals surface area contributed by atoms with Gasteiger partial charge >= 0.3 is 11.9 Å². The van der Waals surface area contributed by atoms with Crippen molar-refractivity contribution in [1.82, 2.24) is 0 Å². The number of carbonyl (C=O) groups excluding carboxylic acids is 2. The number of hydrogen-bond donors (Lipinski definition) is 4. The molecule has 342 valence electrons. The zero-order valence-corrected chi connectivity index (χ0v) is 39.0. The quantitative estimate of drug-likeness (QED) is 0.0792. The minimum absolute atomic E-state index is 0.0301. The van der Waals surface area contributed by atoms with Gasteiger partial charge in [-0.3, -0.25) is 9.59 Å². The smallest absolute Gasteiger partial charge is 0.308 e. The maximum atomic E-state index is 13.7. The maximum absolute atomic E-state index is 13.7. The average molecular weight is 839 g/mol. The summed E-state index contributed by atoms with van der Waals surface area (Å²) < 4.78 is 12.6. The Labute approximate surface area is 364 Å². The van der Waals surface area contributed by atoms with Crippen molar-refractivity contribution in [3.8, 4) is 0 Å². The third kappa shape index (κ3) is 10.3. The molecular formula is C52H86O8. The van der Waals surface area contributed by atoms with E-state index >= 15 is 0 Å². The van der Waals surface area contributed by atoms with E-state index in [1.807, 2.05) is 13.8 Å². The van der Waals surface area contributed by atoms with Crippen molar-refractivity contribution in [1.29, 1.82) is 0 Å². The number of carbonyl (C=O) groups is 2. The highest BCUT2D eigenvalue weighted by molar-refractivity contribution is 5.72. The van der Waals surface area contributed by atoms with E-state index in [2.05, 4.69) is 59.8 Å². The van der Waals surface area contributed by atoms with Gasteiger partial charge in [0.15, 0.2) is 0 Å². The van der Waals surface area contributed by atoms with Gasteiger partial charge in [0.05, 0.1) is 36.3 Å². The second kappa shape index (κ2) is 20.0. The number of fused-ring (bicyclic) bond motifs is 6. The van der Waals surface area contributed by atoms with Gasteiger partial charge in [0, 0.05) is 11.8 Å². The maximum Gasteiger partial charge on any atom is 0.308 e. The van der Waals surface area contributed by atoms with Crippen LogP contribution in [0.15, 0.2) is 23.8 Å². The van der Waals surface area contributed by atoms with Crippen molar-refractivity contribution in [2.75, 3.05) is 0 Å². The first-order chi connectivity index (χ1) is 28.4. The summed E-state index contributed by atoms with van der Waals surface area (Å²) >= 11 is 0. The Hall–Kier alpha value is -1.74. The topological polar surface area (TPSA) is 134 Å². The van der Waals surface area contributed by atoms with Gasteiger partial charge in [-0.1, -0.05) is 98.8 Å². The van der Waals surface area contributed by atoms with Crippen LogP contribution in [0.1, 0.15) is 184 Å². The van der Waals surface area contributed by atoms with Crippen molar-refractivity contribution in [3.05, 3.63) is 23.8 Å². The van der Waals surface area contributed by atoms with Crippen LogP contribution < -0.4 is 0 Å². The fraction of sp³-hybridized carbons (Fsp3) is 0.885. The number of rotatable bonds is 18. The molecular weight excluding hydrogens is 753 g/mol. The Balaban J connectivity index is 1.04. The van der Waals surface area contributed by atoms with E-state index in [0.717, 1.165) is 83.5 Å². The van der Waals surface area contributed by atoms with Crippen LogP contribution in [-0.2, 0) is 19.1 Å². The Kier molecular flexibility index (Phi) is 15.9. The molecule has 8 nitrogen and oxygen atoms in total. The van der Waals surface area contributed by atoms with Crippen LogP contribution >= 0.6 is 0 Å². The number of allylic oxidation sites excluding steroid dienone is 3. The third-order valence-corrected chi connectivity index (χ3v) is 18.1. The largest absolute Gasteiger partial charge is 0.462 e. The van der Waals surface area contributed by atoms with E-state index in [4.69, 9.17) is 9.47 Å². The zero-order chi connectivity index (χ0) is 43.6. The summed E-state index contributed by atoms with van der Waals surface area (Å²) in [7, 11) is 0. The molecule has 0 aromatic carbocycles. The van der Waals surface area contributed by atoms with Gasteiger partial charge in [0.2, 0.25) is 0 Å². The molecule has 0 radical (unpaired) electrons. The Morgan fingerprint density at radius 3 is 2.35 bits per heavy atom. The molecule has 4 saturated carbocycles. The standard InChI is InChI=1S/C52H86O8/c1-9-11-12-13-23-52(8,58)46-20-19-41-40-31-44(43-29-37(54)21-24-50(43,6)42(40)22-25-51(41,46)7)59-47(56)30-38(55)28-36(53)15-14-16-39-34(5)17-18-35-26-32(3)27-45(48(35)39)60-49(57)33(4)10-2/h17-18,26,32-34,36-46,48,53-55,58H,9-16,19-25,27-31H2,1-8H3/t32-,33-,34-,36+,37-,38+,39-,40?,41?,42?,43+,44-,45-,46-,48-,50+,51-,52-/m0/s1. The third-order valence-electron chi connectivity index (χ3n) is 18.1. The number of esters is 2. The van der Waals surface area contributed by atoms with Crippen LogP contribution in [0.25, 0.3) is 0 Å². The van der Waals surface area contributed by atoms with Crippen molar-refractivity contribution < 1.29 is 39.5 Å². The van der Waals surface area contributed by atoms with Crippen molar-refractivity contribution >= 4 is 11.9 Å². The van der Waals surface area contributed by atoms with Crippen LogP contribution in [0.2, 0.25) is 0 Å². The molecule has 8 heteroatoms. The highest BCUT2D eigenvalue weighted by Gasteiger charge is 2.64. The first-order valence-electron chi connectivity index (χ1n) is 25.0. The molecule has 0 heterocycles. The molecule has 0 aromatic heterocycles. The summed E-state index contributed by atoms with van der Waals surface area (Å²) in [6.45, 7) is 17.6. The van der Waals surface area contributed by atoms with Crippen LogP contribution in [0.3, 0.4) is 0 Å². The monoisotopic (exact) mass is 839 g/mol. The summed E-state index contributed by atoms with van der Waals surface area (Å²) in [6, 6.07) is 0. The molecule has 0 aromatic rings. The Morgan fingerprint density at radius 2 is 1.62 bits per heavy atom. The minimum Gasteiger partial charge on any atom is -0.462 e. The molecule has 0 aliphatic heterocycles. The first-order valence-corrected chi connectivity index (χ1v) is 25.0. The van der Waals surface area contributed by atoms with E-state index in [9.17, 15) is 30.0 Å². The van der Waals surface area contributed by atoms with E-state index in [0.29, 0.717) is 42.4 Å². The van der Waals surface area contributed by atoms with Gasteiger partial charge in [-0.2, -0.15) is 0 Å². The lowest BCUT2D eigenvalue weighted by atomic mass is 9.43. The van der Waals surface area contributed by atoms with E-state index in [1.165, 1.54) is 24.8 Å². The average Bonchev–Trinajstić information content (AvgIpc) is 3.56. The van der Waals surface area contributed by atoms with Gasteiger partial charge in [0.1, 0.15) is 12.2 Å². The zero-order valence-electron chi connectivity index (χ0n) is 39.0. The highest BCUT2D eigenvalue weighted by Crippen LogP contribution is 2.69. The van der Waals surface area contributed by atoms with Crippen LogP contribution in [0, 0.1) is 70.0 Å². The van der Waals surface area contributed by atoms with Gasteiger partial charge in [0.25, 0.3) is 0 Å². The molecule has 6 aliphatic carbocycles. The predicted molar refractivity (Wildman–Crippen MR) is 237 cm³/mol. The van der Waals surface area contributed by atoms with Crippen LogP contribution in [0.4, 0.5) is 0 Å². The van der Waals surface area contributed by atoms with Crippen molar-refractivity contribution in [3.63, 3.8) is 0 Å². The predicted octanol–water partition coefficient (Wildman–Crippen LogP) is 10.3. The van der Waals surface area contributed by atoms with Crippen LogP contribution in [-0.4, -0.2) is 68.5 Å². The molecule has 60 heavy (non-hydrogen) atoms. The lowest BCUT2D eigenvalue weighted by molar-refractivity contribution is -0.198. The van der Waals surface area contributed by atoms with E-state index in [1.54, 1.807) is 0 Å². The molecule has 18 atom stereocenters. The van der Waals surface area contributed by atoms with Crippen molar-refractivity contribution in [2.45, 2.75) is 220 Å². The fourth-order valence-corrected chi connectivity index (χ4v) is 14.7. The van der Waals surface area contributed by atoms with E-state index < -0.39 is 29.9 Å². The number of aliphatic hydroxyl groups excluding tert-OH is 3.